The fraction of sp³-hybridized carbons (Fsp3) is 0.409. The van der Waals surface area contributed by atoms with E-state index in [0.29, 0.717) is 5.92 Å². The van der Waals surface area contributed by atoms with Crippen molar-refractivity contribution >= 4 is 29.2 Å². The highest BCUT2D eigenvalue weighted by atomic mass is 35.5. The number of aryl methyl sites for hydroxylation is 2. The summed E-state index contributed by atoms with van der Waals surface area (Å²) in [5.41, 5.74) is 7.14. The second kappa shape index (κ2) is 6.49. The summed E-state index contributed by atoms with van der Waals surface area (Å²) in [6.45, 7) is 11.1. The molecule has 3 rings (SSSR count). The first-order chi connectivity index (χ1) is 11.7. The molecule has 1 atom stereocenters. The van der Waals surface area contributed by atoms with Gasteiger partial charge in [0.1, 0.15) is 0 Å². The number of hydrogen-bond donors (Lipinski definition) is 0. The van der Waals surface area contributed by atoms with Gasteiger partial charge in [-0.05, 0) is 69.4 Å². The second-order valence-electron chi connectivity index (χ2n) is 7.96. The fourth-order valence-corrected chi connectivity index (χ4v) is 4.00. The molecule has 132 valence electrons. The first-order valence-electron chi connectivity index (χ1n) is 8.87. The predicted molar refractivity (Wildman–Crippen MR) is 110 cm³/mol. The van der Waals surface area contributed by atoms with Gasteiger partial charge in [0.05, 0.1) is 10.7 Å². The molecular formula is C22H27ClN2. The summed E-state index contributed by atoms with van der Waals surface area (Å²) >= 11 is 6.58. The van der Waals surface area contributed by atoms with Crippen LogP contribution in [-0.2, 0) is 0 Å². The van der Waals surface area contributed by atoms with Crippen LogP contribution in [0.15, 0.2) is 35.3 Å². The average Bonchev–Trinajstić information content (AvgIpc) is 2.52. The Labute approximate surface area is 156 Å². The monoisotopic (exact) mass is 354 g/mol. The highest BCUT2D eigenvalue weighted by Crippen LogP contribution is 2.44. The van der Waals surface area contributed by atoms with Crippen molar-refractivity contribution in [3.63, 3.8) is 0 Å². The molecule has 0 aromatic heterocycles. The zero-order valence-corrected chi connectivity index (χ0v) is 16.8. The van der Waals surface area contributed by atoms with E-state index in [9.17, 15) is 0 Å². The predicted octanol–water partition coefficient (Wildman–Crippen LogP) is 6.43. The lowest BCUT2D eigenvalue weighted by Gasteiger charge is -2.45. The van der Waals surface area contributed by atoms with Crippen LogP contribution in [0.1, 0.15) is 55.4 Å². The van der Waals surface area contributed by atoms with Crippen molar-refractivity contribution in [2.75, 3.05) is 11.9 Å². The Morgan fingerprint density at radius 3 is 2.60 bits per heavy atom. The Bertz CT molecular complexity index is 836. The van der Waals surface area contributed by atoms with Gasteiger partial charge in [-0.2, -0.15) is 0 Å². The number of halogens is 1. The first kappa shape index (κ1) is 18.0. The lowest BCUT2D eigenvalue weighted by atomic mass is 9.80. The summed E-state index contributed by atoms with van der Waals surface area (Å²) in [5, 5.41) is 0.754. The van der Waals surface area contributed by atoms with Crippen LogP contribution in [0.2, 0.25) is 5.02 Å². The Kier molecular flexibility index (Phi) is 4.68. The summed E-state index contributed by atoms with van der Waals surface area (Å²) in [7, 11) is 2.16. The average molecular weight is 355 g/mol. The summed E-state index contributed by atoms with van der Waals surface area (Å²) < 4.78 is 0. The van der Waals surface area contributed by atoms with E-state index in [1.54, 1.807) is 0 Å². The van der Waals surface area contributed by atoms with Gasteiger partial charge in [-0.1, -0.05) is 36.2 Å². The number of benzene rings is 2. The van der Waals surface area contributed by atoms with Gasteiger partial charge in [-0.25, -0.2) is 0 Å². The van der Waals surface area contributed by atoms with E-state index in [0.717, 1.165) is 22.7 Å². The largest absolute Gasteiger partial charge is 0.369 e. The van der Waals surface area contributed by atoms with Gasteiger partial charge >= 0.3 is 0 Å². The number of aliphatic imine (C=N–C) groups is 1. The van der Waals surface area contributed by atoms with Crippen LogP contribution in [-0.4, -0.2) is 18.8 Å². The number of nitrogens with zero attached hydrogens (tertiary/aromatic N) is 2. The van der Waals surface area contributed by atoms with E-state index in [1.807, 2.05) is 6.21 Å². The number of anilines is 1. The van der Waals surface area contributed by atoms with Crippen LogP contribution in [0.5, 0.6) is 0 Å². The minimum absolute atomic E-state index is 0.143. The molecule has 0 spiro atoms. The van der Waals surface area contributed by atoms with Crippen molar-refractivity contribution < 1.29 is 0 Å². The van der Waals surface area contributed by atoms with E-state index < -0.39 is 0 Å². The minimum atomic E-state index is 0.143. The van der Waals surface area contributed by atoms with Crippen LogP contribution >= 0.6 is 11.6 Å². The zero-order chi connectivity index (χ0) is 18.4. The molecule has 0 amide bonds. The molecule has 3 heteroatoms. The third-order valence-corrected chi connectivity index (χ3v) is 5.77. The maximum atomic E-state index is 6.58. The van der Waals surface area contributed by atoms with E-state index in [1.165, 1.54) is 22.4 Å². The standard InChI is InChI=1S/C22H27ClN2/c1-14-7-8-20(15(2)9-14)24-13-17-10-18-16(3)12-22(4,5)25(6)21(18)11-19(17)23/h7-11,13,16H,12H2,1-6H3. The fourth-order valence-electron chi connectivity index (χ4n) is 3.79. The number of fused-ring (bicyclic) bond motifs is 1. The lowest BCUT2D eigenvalue weighted by molar-refractivity contribution is 0.395. The Morgan fingerprint density at radius 1 is 1.20 bits per heavy atom. The molecule has 1 unspecified atom stereocenters. The molecule has 0 aliphatic carbocycles. The quantitative estimate of drug-likeness (QED) is 0.567. The molecule has 1 aliphatic rings. The summed E-state index contributed by atoms with van der Waals surface area (Å²) in [6, 6.07) is 10.6. The van der Waals surface area contributed by atoms with Gasteiger partial charge in [0.15, 0.2) is 0 Å². The normalized spacial score (nSPS) is 19.3. The summed E-state index contributed by atoms with van der Waals surface area (Å²) in [4.78, 5) is 7.02. The van der Waals surface area contributed by atoms with Gasteiger partial charge in [-0.3, -0.25) is 4.99 Å². The maximum Gasteiger partial charge on any atom is 0.0659 e. The van der Waals surface area contributed by atoms with Crippen molar-refractivity contribution in [2.24, 2.45) is 4.99 Å². The molecule has 0 fully saturated rings. The molecule has 2 aromatic carbocycles. The Balaban J connectivity index is 1.99. The molecule has 0 N–H and O–H groups in total. The number of rotatable bonds is 2. The van der Waals surface area contributed by atoms with E-state index >= 15 is 0 Å². The van der Waals surface area contributed by atoms with E-state index in [-0.39, 0.29) is 5.54 Å². The van der Waals surface area contributed by atoms with E-state index in [4.69, 9.17) is 11.6 Å². The smallest absolute Gasteiger partial charge is 0.0659 e. The molecule has 2 aromatic rings. The van der Waals surface area contributed by atoms with Crippen molar-refractivity contribution in [3.8, 4) is 0 Å². The molecule has 0 radical (unpaired) electrons. The van der Waals surface area contributed by atoms with Gasteiger partial charge in [-0.15, -0.1) is 0 Å². The molecule has 25 heavy (non-hydrogen) atoms. The van der Waals surface area contributed by atoms with Crippen LogP contribution in [0.3, 0.4) is 0 Å². The SMILES string of the molecule is Cc1ccc(N=Cc2cc3c(cc2Cl)N(C)C(C)(C)CC3C)c(C)c1. The topological polar surface area (TPSA) is 15.6 Å². The Hall–Kier alpha value is -1.80. The molecular weight excluding hydrogens is 328 g/mol. The third kappa shape index (κ3) is 3.46. The van der Waals surface area contributed by atoms with Gasteiger partial charge in [0.25, 0.3) is 0 Å². The summed E-state index contributed by atoms with van der Waals surface area (Å²) in [6.07, 6.45) is 3.03. The van der Waals surface area contributed by atoms with Gasteiger partial charge < -0.3 is 4.90 Å². The van der Waals surface area contributed by atoms with E-state index in [2.05, 4.69) is 81.9 Å². The van der Waals surface area contributed by atoms with Gasteiger partial charge in [0.2, 0.25) is 0 Å². The Morgan fingerprint density at radius 2 is 1.92 bits per heavy atom. The van der Waals surface area contributed by atoms with Crippen LogP contribution in [0.25, 0.3) is 0 Å². The number of hydrogen-bond acceptors (Lipinski definition) is 2. The van der Waals surface area contributed by atoms with Crippen LogP contribution in [0, 0.1) is 13.8 Å². The molecule has 2 nitrogen and oxygen atoms in total. The highest BCUT2D eigenvalue weighted by molar-refractivity contribution is 6.33. The van der Waals surface area contributed by atoms with Gasteiger partial charge in [0, 0.05) is 30.1 Å². The zero-order valence-electron chi connectivity index (χ0n) is 16.0. The second-order valence-corrected chi connectivity index (χ2v) is 8.36. The first-order valence-corrected chi connectivity index (χ1v) is 9.25. The lowest BCUT2D eigenvalue weighted by Crippen LogP contribution is -2.45. The minimum Gasteiger partial charge on any atom is -0.369 e. The maximum absolute atomic E-state index is 6.58. The van der Waals surface area contributed by atoms with Crippen LogP contribution < -0.4 is 4.90 Å². The van der Waals surface area contributed by atoms with Crippen molar-refractivity contribution in [2.45, 2.75) is 52.5 Å². The van der Waals surface area contributed by atoms with Crippen LogP contribution in [0.4, 0.5) is 11.4 Å². The van der Waals surface area contributed by atoms with Crippen molar-refractivity contribution in [1.82, 2.24) is 0 Å². The molecule has 1 aliphatic heterocycles. The third-order valence-electron chi connectivity index (χ3n) is 5.45. The molecule has 0 saturated heterocycles. The molecule has 1 heterocycles. The molecule has 0 bridgehead atoms. The molecule has 0 saturated carbocycles. The van der Waals surface area contributed by atoms with Crippen molar-refractivity contribution in [1.29, 1.82) is 0 Å². The highest BCUT2D eigenvalue weighted by Gasteiger charge is 2.34. The summed E-state index contributed by atoms with van der Waals surface area (Å²) in [5.74, 6) is 0.506. The van der Waals surface area contributed by atoms with Crippen molar-refractivity contribution in [3.05, 3.63) is 57.6 Å².